The van der Waals surface area contributed by atoms with E-state index >= 15 is 0 Å². The largest absolute Gasteiger partial charge is 0.496 e. The molecular weight excluding hydrogens is 364 g/mol. The normalized spacial score (nSPS) is 15.9. The first kappa shape index (κ1) is 21.8. The van der Waals surface area contributed by atoms with Crippen molar-refractivity contribution in [2.24, 2.45) is 5.92 Å². The Labute approximate surface area is 175 Å². The van der Waals surface area contributed by atoms with E-state index in [1.165, 1.54) is 24.0 Å². The monoisotopic (exact) mass is 400 g/mol. The summed E-state index contributed by atoms with van der Waals surface area (Å²) >= 11 is 0. The lowest BCUT2D eigenvalue weighted by molar-refractivity contribution is 0.106. The van der Waals surface area contributed by atoms with Crippen molar-refractivity contribution in [3.63, 3.8) is 0 Å². The number of para-hydroxylation sites is 1. The Balaban J connectivity index is 1.50. The lowest BCUT2D eigenvalue weighted by atomic mass is 9.95. The van der Waals surface area contributed by atoms with Crippen molar-refractivity contribution in [2.45, 2.75) is 39.4 Å². The molecular formula is C23H36N4O2. The van der Waals surface area contributed by atoms with E-state index in [2.05, 4.69) is 46.2 Å². The molecule has 1 aromatic carbocycles. The van der Waals surface area contributed by atoms with Crippen LogP contribution in [0.1, 0.15) is 30.9 Å². The minimum absolute atomic E-state index is 0.738. The Morgan fingerprint density at radius 2 is 1.97 bits per heavy atom. The number of nitrogens with zero attached hydrogens (tertiary/aromatic N) is 4. The van der Waals surface area contributed by atoms with Gasteiger partial charge < -0.3 is 9.47 Å². The van der Waals surface area contributed by atoms with Crippen LogP contribution >= 0.6 is 0 Å². The molecule has 29 heavy (non-hydrogen) atoms. The van der Waals surface area contributed by atoms with Crippen molar-refractivity contribution in [3.8, 4) is 5.75 Å². The Hall–Kier alpha value is -1.89. The Bertz CT molecular complexity index is 725. The van der Waals surface area contributed by atoms with Crippen LogP contribution in [0.3, 0.4) is 0 Å². The first-order valence-corrected chi connectivity index (χ1v) is 10.8. The molecule has 1 aliphatic heterocycles. The zero-order chi connectivity index (χ0) is 20.5. The molecule has 1 aliphatic rings. The Kier molecular flexibility index (Phi) is 8.52. The lowest BCUT2D eigenvalue weighted by Gasteiger charge is -2.35. The van der Waals surface area contributed by atoms with E-state index in [0.717, 1.165) is 64.1 Å². The van der Waals surface area contributed by atoms with Crippen molar-refractivity contribution >= 4 is 0 Å². The predicted octanol–water partition coefficient (Wildman–Crippen LogP) is 3.27. The highest BCUT2D eigenvalue weighted by Gasteiger charge is 2.22. The molecule has 0 amide bonds. The van der Waals surface area contributed by atoms with Crippen LogP contribution in [0.25, 0.3) is 0 Å². The summed E-state index contributed by atoms with van der Waals surface area (Å²) in [4.78, 5) is 5.08. The summed E-state index contributed by atoms with van der Waals surface area (Å²) in [5.41, 5.74) is 2.57. The van der Waals surface area contributed by atoms with Crippen LogP contribution < -0.4 is 4.74 Å². The van der Waals surface area contributed by atoms with Gasteiger partial charge in [-0.1, -0.05) is 18.2 Å². The minimum atomic E-state index is 0.738. The molecule has 2 aromatic rings. The standard InChI is InChI=1S/C23H36N4O2/c1-4-27-18-21(15-24-27)17-26(13-14-28-2)16-20-9-11-25(12-10-20)19-22-7-5-6-8-23(22)29-3/h5-8,15,18,20H,4,9-14,16-17,19H2,1-3H3. The van der Waals surface area contributed by atoms with Crippen LogP contribution in [0.2, 0.25) is 0 Å². The van der Waals surface area contributed by atoms with Gasteiger partial charge in [-0.3, -0.25) is 14.5 Å². The van der Waals surface area contributed by atoms with E-state index in [9.17, 15) is 0 Å². The summed E-state index contributed by atoms with van der Waals surface area (Å²) in [5.74, 6) is 1.73. The summed E-state index contributed by atoms with van der Waals surface area (Å²) in [5, 5.41) is 4.42. The third-order valence-electron chi connectivity index (χ3n) is 5.84. The lowest BCUT2D eigenvalue weighted by Crippen LogP contribution is -2.39. The second-order valence-electron chi connectivity index (χ2n) is 7.96. The Morgan fingerprint density at radius 1 is 1.17 bits per heavy atom. The molecule has 0 aliphatic carbocycles. The highest BCUT2D eigenvalue weighted by molar-refractivity contribution is 5.33. The molecule has 0 saturated carbocycles. The zero-order valence-electron chi connectivity index (χ0n) is 18.2. The molecule has 6 nitrogen and oxygen atoms in total. The van der Waals surface area contributed by atoms with Crippen molar-refractivity contribution in [2.75, 3.05) is 47.0 Å². The molecule has 0 radical (unpaired) electrons. The molecule has 160 valence electrons. The predicted molar refractivity (Wildman–Crippen MR) is 116 cm³/mol. The fraction of sp³-hybridized carbons (Fsp3) is 0.609. The number of methoxy groups -OCH3 is 2. The molecule has 1 saturated heterocycles. The van der Waals surface area contributed by atoms with Gasteiger partial charge in [0.25, 0.3) is 0 Å². The van der Waals surface area contributed by atoms with E-state index in [-0.39, 0.29) is 0 Å². The van der Waals surface area contributed by atoms with Crippen LogP contribution in [0.15, 0.2) is 36.7 Å². The maximum atomic E-state index is 5.51. The van der Waals surface area contributed by atoms with Gasteiger partial charge in [0.2, 0.25) is 0 Å². The topological polar surface area (TPSA) is 42.8 Å². The summed E-state index contributed by atoms with van der Waals surface area (Å²) in [6.07, 6.45) is 6.65. The van der Waals surface area contributed by atoms with E-state index in [0.29, 0.717) is 0 Å². The Morgan fingerprint density at radius 3 is 2.66 bits per heavy atom. The van der Waals surface area contributed by atoms with E-state index in [4.69, 9.17) is 9.47 Å². The number of aromatic nitrogens is 2. The number of hydrogen-bond acceptors (Lipinski definition) is 5. The highest BCUT2D eigenvalue weighted by Crippen LogP contribution is 2.24. The van der Waals surface area contributed by atoms with Crippen LogP contribution in [0, 0.1) is 5.92 Å². The second kappa shape index (κ2) is 11.3. The number of rotatable bonds is 11. The molecule has 3 rings (SSSR count). The summed E-state index contributed by atoms with van der Waals surface area (Å²) in [6, 6.07) is 8.36. The number of benzene rings is 1. The minimum Gasteiger partial charge on any atom is -0.496 e. The van der Waals surface area contributed by atoms with Crippen molar-refractivity contribution in [3.05, 3.63) is 47.8 Å². The van der Waals surface area contributed by atoms with Gasteiger partial charge >= 0.3 is 0 Å². The van der Waals surface area contributed by atoms with E-state index < -0.39 is 0 Å². The number of hydrogen-bond donors (Lipinski definition) is 0. The first-order valence-electron chi connectivity index (χ1n) is 10.8. The van der Waals surface area contributed by atoms with Crippen molar-refractivity contribution in [1.29, 1.82) is 0 Å². The fourth-order valence-electron chi connectivity index (χ4n) is 4.14. The third kappa shape index (κ3) is 6.56. The van der Waals surface area contributed by atoms with E-state index in [1.807, 2.05) is 16.9 Å². The molecule has 1 fully saturated rings. The van der Waals surface area contributed by atoms with E-state index in [1.54, 1.807) is 14.2 Å². The molecule has 2 heterocycles. The summed E-state index contributed by atoms with van der Waals surface area (Å²) < 4.78 is 12.9. The number of piperidine rings is 1. The molecule has 1 aromatic heterocycles. The number of ether oxygens (including phenoxy) is 2. The average Bonchev–Trinajstić information content (AvgIpc) is 3.21. The second-order valence-corrected chi connectivity index (χ2v) is 7.96. The molecule has 0 bridgehead atoms. The summed E-state index contributed by atoms with van der Waals surface area (Å²) in [7, 11) is 3.54. The van der Waals surface area contributed by atoms with Gasteiger partial charge in [-0.2, -0.15) is 5.10 Å². The molecule has 0 N–H and O–H groups in total. The van der Waals surface area contributed by atoms with Crippen molar-refractivity contribution in [1.82, 2.24) is 19.6 Å². The van der Waals surface area contributed by atoms with Gasteiger partial charge in [0.1, 0.15) is 5.75 Å². The van der Waals surface area contributed by atoms with Crippen LogP contribution in [-0.2, 0) is 24.4 Å². The quantitative estimate of drug-likeness (QED) is 0.579. The first-order chi connectivity index (χ1) is 14.2. The van der Waals surface area contributed by atoms with Crippen LogP contribution in [0.5, 0.6) is 5.75 Å². The maximum absolute atomic E-state index is 5.51. The zero-order valence-corrected chi connectivity index (χ0v) is 18.2. The van der Waals surface area contributed by atoms with Gasteiger partial charge in [-0.05, 0) is 44.8 Å². The van der Waals surface area contributed by atoms with Gasteiger partial charge in [-0.15, -0.1) is 0 Å². The van der Waals surface area contributed by atoms with Gasteiger partial charge in [-0.25, -0.2) is 0 Å². The van der Waals surface area contributed by atoms with Crippen LogP contribution in [0.4, 0.5) is 0 Å². The van der Waals surface area contributed by atoms with Gasteiger partial charge in [0, 0.05) is 57.2 Å². The molecule has 0 spiro atoms. The van der Waals surface area contributed by atoms with Gasteiger partial charge in [0.05, 0.1) is 19.9 Å². The number of aryl methyl sites for hydroxylation is 1. The third-order valence-corrected chi connectivity index (χ3v) is 5.84. The highest BCUT2D eigenvalue weighted by atomic mass is 16.5. The smallest absolute Gasteiger partial charge is 0.123 e. The molecule has 0 unspecified atom stereocenters. The number of likely N-dealkylation sites (tertiary alicyclic amines) is 1. The van der Waals surface area contributed by atoms with Crippen molar-refractivity contribution < 1.29 is 9.47 Å². The maximum Gasteiger partial charge on any atom is 0.123 e. The molecule has 0 atom stereocenters. The summed E-state index contributed by atoms with van der Waals surface area (Å²) in [6.45, 7) is 10.1. The molecule has 6 heteroatoms. The van der Waals surface area contributed by atoms with Crippen LogP contribution in [-0.4, -0.2) is 66.6 Å². The fourth-order valence-corrected chi connectivity index (χ4v) is 4.14. The van der Waals surface area contributed by atoms with Gasteiger partial charge in [0.15, 0.2) is 0 Å². The SMILES string of the molecule is CCn1cc(CN(CCOC)CC2CCN(Cc3ccccc3OC)CC2)cn1. The average molecular weight is 401 g/mol.